The van der Waals surface area contributed by atoms with E-state index in [2.05, 4.69) is 39.2 Å². The number of amides is 2. The fraction of sp³-hybridized carbons (Fsp3) is 0.375. The van der Waals surface area contributed by atoms with E-state index in [1.165, 1.54) is 0 Å². The Balaban J connectivity index is 1.84. The van der Waals surface area contributed by atoms with Gasteiger partial charge in [0.1, 0.15) is 11.5 Å². The van der Waals surface area contributed by atoms with E-state index in [1.807, 2.05) is 25.1 Å². The van der Waals surface area contributed by atoms with Crippen LogP contribution in [0.3, 0.4) is 0 Å². The fourth-order valence-electron chi connectivity index (χ4n) is 2.79. The van der Waals surface area contributed by atoms with Crippen molar-refractivity contribution in [3.05, 3.63) is 24.0 Å². The van der Waals surface area contributed by atoms with Crippen LogP contribution in [0.15, 0.2) is 23.3 Å². The second kappa shape index (κ2) is 5.83. The number of aromatic nitrogens is 2. The van der Waals surface area contributed by atoms with Gasteiger partial charge in [-0.05, 0) is 39.0 Å². The highest BCUT2D eigenvalue weighted by atomic mass is 16.2. The molecule has 0 saturated heterocycles. The molecule has 7 nitrogen and oxygen atoms in total. The summed E-state index contributed by atoms with van der Waals surface area (Å²) >= 11 is 0. The molecule has 2 heterocycles. The average Bonchev–Trinajstić information content (AvgIpc) is 2.83. The number of imidazole rings is 1. The Morgan fingerprint density at radius 1 is 1.35 bits per heavy atom. The van der Waals surface area contributed by atoms with E-state index in [9.17, 15) is 9.59 Å². The van der Waals surface area contributed by atoms with Crippen LogP contribution in [-0.2, 0) is 9.59 Å². The quantitative estimate of drug-likeness (QED) is 0.910. The Kier molecular flexibility index (Phi) is 3.85. The molecule has 1 aliphatic rings. The van der Waals surface area contributed by atoms with Crippen molar-refractivity contribution in [2.45, 2.75) is 39.7 Å². The first-order valence-electron chi connectivity index (χ1n) is 7.61. The summed E-state index contributed by atoms with van der Waals surface area (Å²) < 4.78 is 2.15. The summed E-state index contributed by atoms with van der Waals surface area (Å²) in [7, 11) is 0. The predicted octanol–water partition coefficient (Wildman–Crippen LogP) is 2.13. The van der Waals surface area contributed by atoms with Crippen LogP contribution < -0.4 is 10.7 Å². The summed E-state index contributed by atoms with van der Waals surface area (Å²) in [5.41, 5.74) is 5.19. The molecule has 0 spiro atoms. The number of nitrogens with zero attached hydrogens (tertiary/aromatic N) is 3. The molecule has 0 radical (unpaired) electrons. The molecule has 2 amide bonds. The molecule has 0 fully saturated rings. The molecule has 120 valence electrons. The third-order valence-corrected chi connectivity index (χ3v) is 3.81. The molecule has 2 N–H and O–H groups in total. The maximum atomic E-state index is 12.2. The summed E-state index contributed by atoms with van der Waals surface area (Å²) in [6, 6.07) is 5.97. The molecule has 7 heteroatoms. The maximum Gasteiger partial charge on any atom is 0.271 e. The number of hydrogen-bond acceptors (Lipinski definition) is 4. The van der Waals surface area contributed by atoms with Gasteiger partial charge in [0.2, 0.25) is 5.91 Å². The van der Waals surface area contributed by atoms with Gasteiger partial charge in [-0.2, -0.15) is 5.10 Å². The van der Waals surface area contributed by atoms with Gasteiger partial charge in [-0.25, -0.2) is 10.4 Å². The van der Waals surface area contributed by atoms with Crippen molar-refractivity contribution in [3.8, 4) is 0 Å². The fourth-order valence-corrected chi connectivity index (χ4v) is 2.79. The third-order valence-electron chi connectivity index (χ3n) is 3.81. The molecule has 23 heavy (non-hydrogen) atoms. The van der Waals surface area contributed by atoms with Crippen LogP contribution in [0.2, 0.25) is 0 Å². The van der Waals surface area contributed by atoms with Gasteiger partial charge < -0.3 is 9.88 Å². The summed E-state index contributed by atoms with van der Waals surface area (Å²) in [5.74, 6) is 0.472. The summed E-state index contributed by atoms with van der Waals surface area (Å²) in [6.07, 6.45) is 0.629. The van der Waals surface area contributed by atoms with Gasteiger partial charge in [-0.3, -0.25) is 9.59 Å². The molecule has 0 bridgehead atoms. The van der Waals surface area contributed by atoms with Crippen LogP contribution in [0, 0.1) is 6.92 Å². The highest BCUT2D eigenvalue weighted by Crippen LogP contribution is 2.23. The van der Waals surface area contributed by atoms with Gasteiger partial charge in [0.15, 0.2) is 0 Å². The Bertz CT molecular complexity index is 819. The number of anilines is 1. The molecule has 0 aliphatic carbocycles. The van der Waals surface area contributed by atoms with E-state index < -0.39 is 0 Å². The van der Waals surface area contributed by atoms with Crippen molar-refractivity contribution < 1.29 is 9.59 Å². The zero-order chi connectivity index (χ0) is 16.6. The molecule has 1 aliphatic heterocycles. The zero-order valence-electron chi connectivity index (χ0n) is 13.4. The number of carbonyl (C=O) groups excluding carboxylic acids is 2. The zero-order valence-corrected chi connectivity index (χ0v) is 13.4. The summed E-state index contributed by atoms with van der Waals surface area (Å²) in [5, 5.41) is 6.60. The number of hydrogen-bond donors (Lipinski definition) is 2. The number of benzene rings is 1. The highest BCUT2D eigenvalue weighted by Gasteiger charge is 2.19. The average molecular weight is 313 g/mol. The Morgan fingerprint density at radius 3 is 2.78 bits per heavy atom. The first-order valence-corrected chi connectivity index (χ1v) is 7.61. The second-order valence-corrected chi connectivity index (χ2v) is 5.87. The minimum absolute atomic E-state index is 0.169. The van der Waals surface area contributed by atoms with Crippen molar-refractivity contribution >= 4 is 34.2 Å². The summed E-state index contributed by atoms with van der Waals surface area (Å²) in [6.45, 7) is 6.19. The molecular weight excluding hydrogens is 294 g/mol. The number of carbonyl (C=O) groups is 2. The normalized spacial score (nSPS) is 14.8. The SMILES string of the molecule is Cc1nc2cc(NC(=O)C3=NNC(=O)CC3)ccc2n1C(C)C. The number of rotatable bonds is 3. The van der Waals surface area contributed by atoms with Crippen molar-refractivity contribution in [3.63, 3.8) is 0 Å². The monoisotopic (exact) mass is 313 g/mol. The number of hydrazone groups is 1. The lowest BCUT2D eigenvalue weighted by atomic mass is 10.1. The Hall–Kier alpha value is -2.70. The van der Waals surface area contributed by atoms with Crippen molar-refractivity contribution in [2.75, 3.05) is 5.32 Å². The van der Waals surface area contributed by atoms with Gasteiger partial charge in [0, 0.05) is 24.6 Å². The molecule has 3 rings (SSSR count). The van der Waals surface area contributed by atoms with E-state index in [4.69, 9.17) is 0 Å². The first kappa shape index (κ1) is 15.2. The number of aryl methyl sites for hydroxylation is 1. The van der Waals surface area contributed by atoms with Crippen molar-refractivity contribution in [1.82, 2.24) is 15.0 Å². The van der Waals surface area contributed by atoms with Crippen LogP contribution in [0.1, 0.15) is 38.6 Å². The lowest BCUT2D eigenvalue weighted by molar-refractivity contribution is -0.121. The van der Waals surface area contributed by atoms with Gasteiger partial charge in [0.25, 0.3) is 5.91 Å². The standard InChI is InChI=1S/C16H19N5O2/c1-9(2)21-10(3)17-13-8-11(4-6-14(13)21)18-16(23)12-5-7-15(22)20-19-12/h4,6,8-9H,5,7H2,1-3H3,(H,18,23)(H,20,22). The van der Waals surface area contributed by atoms with Gasteiger partial charge in [-0.1, -0.05) is 0 Å². The van der Waals surface area contributed by atoms with E-state index in [-0.39, 0.29) is 18.2 Å². The van der Waals surface area contributed by atoms with E-state index in [0.29, 0.717) is 23.9 Å². The first-order chi connectivity index (χ1) is 11.0. The van der Waals surface area contributed by atoms with Gasteiger partial charge in [0.05, 0.1) is 11.0 Å². The second-order valence-electron chi connectivity index (χ2n) is 5.87. The highest BCUT2D eigenvalue weighted by molar-refractivity contribution is 6.43. The van der Waals surface area contributed by atoms with E-state index >= 15 is 0 Å². The van der Waals surface area contributed by atoms with Crippen molar-refractivity contribution in [2.24, 2.45) is 5.10 Å². The van der Waals surface area contributed by atoms with Crippen molar-refractivity contribution in [1.29, 1.82) is 0 Å². The van der Waals surface area contributed by atoms with Crippen LogP contribution >= 0.6 is 0 Å². The van der Waals surface area contributed by atoms with Gasteiger partial charge in [-0.15, -0.1) is 0 Å². The molecular formula is C16H19N5O2. The van der Waals surface area contributed by atoms with Crippen LogP contribution in [0.25, 0.3) is 11.0 Å². The Morgan fingerprint density at radius 2 is 2.13 bits per heavy atom. The van der Waals surface area contributed by atoms with Gasteiger partial charge >= 0.3 is 0 Å². The molecule has 0 atom stereocenters. The molecule has 1 aromatic heterocycles. The third kappa shape index (κ3) is 2.94. The summed E-state index contributed by atoms with van der Waals surface area (Å²) in [4.78, 5) is 27.8. The van der Waals surface area contributed by atoms with Crippen LogP contribution in [0.4, 0.5) is 5.69 Å². The minimum atomic E-state index is -0.302. The van der Waals surface area contributed by atoms with Crippen LogP contribution in [-0.4, -0.2) is 27.1 Å². The lowest BCUT2D eigenvalue weighted by Gasteiger charge is -2.12. The number of fused-ring (bicyclic) bond motifs is 1. The molecule has 2 aromatic rings. The van der Waals surface area contributed by atoms with E-state index in [0.717, 1.165) is 16.9 Å². The predicted molar refractivity (Wildman–Crippen MR) is 88.3 cm³/mol. The maximum absolute atomic E-state index is 12.2. The molecule has 0 saturated carbocycles. The van der Waals surface area contributed by atoms with E-state index in [1.54, 1.807) is 0 Å². The smallest absolute Gasteiger partial charge is 0.271 e. The minimum Gasteiger partial charge on any atom is -0.326 e. The lowest BCUT2D eigenvalue weighted by Crippen LogP contribution is -2.32. The molecule has 1 aromatic carbocycles. The molecule has 0 unspecified atom stereocenters. The number of nitrogens with one attached hydrogen (secondary N) is 2. The topological polar surface area (TPSA) is 88.4 Å². The van der Waals surface area contributed by atoms with Crippen LogP contribution in [0.5, 0.6) is 0 Å². The largest absolute Gasteiger partial charge is 0.326 e. The Labute approximate surface area is 133 Å².